The molecule has 1 fully saturated rings. The Kier molecular flexibility index (Phi) is 1.21. The largest absolute Gasteiger partial charge is 0.461 e. The topological polar surface area (TPSA) is 52.3 Å². The van der Waals surface area contributed by atoms with E-state index in [0.717, 1.165) is 0 Å². The van der Waals surface area contributed by atoms with Crippen LogP contribution in [-0.2, 0) is 9.53 Å². The summed E-state index contributed by atoms with van der Waals surface area (Å²) in [6.07, 6.45) is 0.295. The van der Waals surface area contributed by atoms with Gasteiger partial charge in [-0.25, -0.2) is 0 Å². The van der Waals surface area contributed by atoms with Crippen LogP contribution in [0.4, 0.5) is 0 Å². The van der Waals surface area contributed by atoms with Crippen LogP contribution in [0.5, 0.6) is 0 Å². The summed E-state index contributed by atoms with van der Waals surface area (Å²) in [4.78, 5) is 10.4. The highest BCUT2D eigenvalue weighted by atomic mass is 16.5. The lowest BCUT2D eigenvalue weighted by atomic mass is 10.2. The predicted molar refractivity (Wildman–Crippen MR) is 28.1 cm³/mol. The second kappa shape index (κ2) is 1.74. The van der Waals surface area contributed by atoms with Gasteiger partial charge in [-0.15, -0.1) is 0 Å². The molecule has 1 unspecified atom stereocenters. The molecule has 1 heterocycles. The van der Waals surface area contributed by atoms with Crippen molar-refractivity contribution >= 4 is 5.97 Å². The standard InChI is InChI=1S/C5H9NO2/c1-3-4(6)2-5(7)8-3/h3-4H,2,6H2,1H3/t3?,4-/m0/s1. The van der Waals surface area contributed by atoms with E-state index in [1.165, 1.54) is 0 Å². The number of hydrogen-bond acceptors (Lipinski definition) is 3. The molecule has 0 spiro atoms. The minimum absolute atomic E-state index is 0.0810. The number of ether oxygens (including phenoxy) is 1. The summed E-state index contributed by atoms with van der Waals surface area (Å²) in [6, 6.07) is -0.0810. The van der Waals surface area contributed by atoms with E-state index in [9.17, 15) is 4.79 Å². The Bertz CT molecular complexity index is 101. The number of nitrogens with two attached hydrogens (primary N) is 1. The third-order valence-corrected chi connectivity index (χ3v) is 1.32. The first kappa shape index (κ1) is 5.56. The predicted octanol–water partition coefficient (Wildman–Crippen LogP) is -0.351. The van der Waals surface area contributed by atoms with Crippen LogP contribution in [0.2, 0.25) is 0 Å². The highest BCUT2D eigenvalue weighted by molar-refractivity contribution is 5.72. The van der Waals surface area contributed by atoms with E-state index in [4.69, 9.17) is 10.5 Å². The van der Waals surface area contributed by atoms with E-state index in [-0.39, 0.29) is 18.1 Å². The molecule has 1 saturated heterocycles. The first-order chi connectivity index (χ1) is 3.70. The van der Waals surface area contributed by atoms with E-state index in [1.54, 1.807) is 6.92 Å². The molecule has 3 heteroatoms. The first-order valence-corrected chi connectivity index (χ1v) is 2.65. The van der Waals surface area contributed by atoms with Crippen LogP contribution in [-0.4, -0.2) is 18.1 Å². The van der Waals surface area contributed by atoms with Gasteiger partial charge in [0.15, 0.2) is 0 Å². The first-order valence-electron chi connectivity index (χ1n) is 2.65. The van der Waals surface area contributed by atoms with E-state index < -0.39 is 0 Å². The van der Waals surface area contributed by atoms with E-state index in [2.05, 4.69) is 0 Å². The Morgan fingerprint density at radius 3 is 2.62 bits per heavy atom. The van der Waals surface area contributed by atoms with Gasteiger partial charge in [0.2, 0.25) is 0 Å². The fourth-order valence-corrected chi connectivity index (χ4v) is 0.701. The van der Waals surface area contributed by atoms with Crippen LogP contribution in [0, 0.1) is 0 Å². The summed E-state index contributed by atoms with van der Waals surface area (Å²) < 4.78 is 4.71. The molecule has 1 aliphatic heterocycles. The Morgan fingerprint density at radius 2 is 2.50 bits per heavy atom. The van der Waals surface area contributed by atoms with Gasteiger partial charge in [-0.1, -0.05) is 0 Å². The average Bonchev–Trinajstić information content (AvgIpc) is 1.85. The van der Waals surface area contributed by atoms with Crippen molar-refractivity contribution in [1.82, 2.24) is 0 Å². The monoisotopic (exact) mass is 115 g/mol. The molecule has 0 aromatic rings. The number of hydrogen-bond donors (Lipinski definition) is 1. The second-order valence-corrected chi connectivity index (χ2v) is 2.06. The molecule has 46 valence electrons. The highest BCUT2D eigenvalue weighted by Crippen LogP contribution is 2.10. The zero-order valence-corrected chi connectivity index (χ0v) is 4.76. The van der Waals surface area contributed by atoms with Crippen molar-refractivity contribution in [3.8, 4) is 0 Å². The Hall–Kier alpha value is -0.570. The fourth-order valence-electron chi connectivity index (χ4n) is 0.701. The molecule has 3 nitrogen and oxygen atoms in total. The van der Waals surface area contributed by atoms with Gasteiger partial charge in [-0.2, -0.15) is 0 Å². The summed E-state index contributed by atoms with van der Waals surface area (Å²) >= 11 is 0. The van der Waals surface area contributed by atoms with Gasteiger partial charge < -0.3 is 10.5 Å². The van der Waals surface area contributed by atoms with Crippen molar-refractivity contribution in [2.45, 2.75) is 25.5 Å². The molecule has 0 amide bonds. The number of carbonyl (C=O) groups excluding carboxylic acids is 1. The minimum atomic E-state index is -0.176. The Morgan fingerprint density at radius 1 is 1.88 bits per heavy atom. The quantitative estimate of drug-likeness (QED) is 0.439. The van der Waals surface area contributed by atoms with Gasteiger partial charge in [0.05, 0.1) is 12.5 Å². The zero-order valence-electron chi connectivity index (χ0n) is 4.76. The fraction of sp³-hybridized carbons (Fsp3) is 0.800. The van der Waals surface area contributed by atoms with Crippen LogP contribution >= 0.6 is 0 Å². The minimum Gasteiger partial charge on any atom is -0.461 e. The van der Waals surface area contributed by atoms with Crippen LogP contribution in [0.25, 0.3) is 0 Å². The molecular weight excluding hydrogens is 106 g/mol. The van der Waals surface area contributed by atoms with Crippen molar-refractivity contribution in [1.29, 1.82) is 0 Å². The van der Waals surface area contributed by atoms with Gasteiger partial charge in [0, 0.05) is 0 Å². The molecule has 0 bridgehead atoms. The number of esters is 1. The van der Waals surface area contributed by atoms with Crippen LogP contribution < -0.4 is 5.73 Å². The molecule has 0 saturated carbocycles. The van der Waals surface area contributed by atoms with E-state index in [0.29, 0.717) is 6.42 Å². The summed E-state index contributed by atoms with van der Waals surface area (Å²) in [5.41, 5.74) is 5.42. The van der Waals surface area contributed by atoms with Crippen molar-refractivity contribution in [2.24, 2.45) is 5.73 Å². The SMILES string of the molecule is CC1OC(=O)C[C@@H]1N. The Labute approximate surface area is 47.8 Å². The number of carbonyl (C=O) groups is 1. The van der Waals surface area contributed by atoms with Gasteiger partial charge >= 0.3 is 5.97 Å². The molecule has 2 atom stereocenters. The normalized spacial score (nSPS) is 37.5. The smallest absolute Gasteiger partial charge is 0.307 e. The van der Waals surface area contributed by atoms with Gasteiger partial charge in [-0.3, -0.25) is 4.79 Å². The van der Waals surface area contributed by atoms with E-state index >= 15 is 0 Å². The number of cyclic esters (lactones) is 1. The molecular formula is C5H9NO2. The van der Waals surface area contributed by atoms with Crippen molar-refractivity contribution in [2.75, 3.05) is 0 Å². The summed E-state index contributed by atoms with van der Waals surface area (Å²) in [5, 5.41) is 0. The molecule has 1 aliphatic rings. The molecule has 1 rings (SSSR count). The summed E-state index contributed by atoms with van der Waals surface area (Å²) in [5.74, 6) is -0.176. The second-order valence-electron chi connectivity index (χ2n) is 2.06. The molecule has 0 radical (unpaired) electrons. The van der Waals surface area contributed by atoms with E-state index in [1.807, 2.05) is 0 Å². The lowest BCUT2D eigenvalue weighted by Crippen LogP contribution is -2.26. The molecule has 2 N–H and O–H groups in total. The maximum Gasteiger partial charge on any atom is 0.307 e. The molecule has 0 aromatic carbocycles. The highest BCUT2D eigenvalue weighted by Gasteiger charge is 2.27. The Balaban J connectivity index is 2.51. The number of rotatable bonds is 0. The maximum absolute atomic E-state index is 10.4. The van der Waals surface area contributed by atoms with Gasteiger partial charge in [-0.05, 0) is 6.92 Å². The molecule has 8 heavy (non-hydrogen) atoms. The third-order valence-electron chi connectivity index (χ3n) is 1.32. The van der Waals surface area contributed by atoms with Gasteiger partial charge in [0.1, 0.15) is 6.10 Å². The van der Waals surface area contributed by atoms with Crippen molar-refractivity contribution in [3.63, 3.8) is 0 Å². The summed E-state index contributed by atoms with van der Waals surface area (Å²) in [6.45, 7) is 1.80. The van der Waals surface area contributed by atoms with Crippen molar-refractivity contribution < 1.29 is 9.53 Å². The average molecular weight is 115 g/mol. The lowest BCUT2D eigenvalue weighted by Gasteiger charge is -2.03. The van der Waals surface area contributed by atoms with Gasteiger partial charge in [0.25, 0.3) is 0 Å². The lowest BCUT2D eigenvalue weighted by molar-refractivity contribution is -0.140. The molecule has 0 aliphatic carbocycles. The molecule has 0 aromatic heterocycles. The maximum atomic E-state index is 10.4. The third kappa shape index (κ3) is 0.816. The van der Waals surface area contributed by atoms with Crippen LogP contribution in [0.3, 0.4) is 0 Å². The van der Waals surface area contributed by atoms with Crippen LogP contribution in [0.15, 0.2) is 0 Å². The van der Waals surface area contributed by atoms with Crippen molar-refractivity contribution in [3.05, 3.63) is 0 Å². The summed E-state index contributed by atoms with van der Waals surface area (Å²) in [7, 11) is 0. The zero-order chi connectivity index (χ0) is 6.15. The van der Waals surface area contributed by atoms with Crippen LogP contribution in [0.1, 0.15) is 13.3 Å².